The summed E-state index contributed by atoms with van der Waals surface area (Å²) >= 11 is 1.50. The highest BCUT2D eigenvalue weighted by Crippen LogP contribution is 2.44. The minimum atomic E-state index is -0.116. The molecule has 2 heterocycles. The number of amides is 1. The Hall–Kier alpha value is -1.01. The van der Waals surface area contributed by atoms with Crippen LogP contribution in [0.1, 0.15) is 29.8 Å². The molecule has 5 nitrogen and oxygen atoms in total. The van der Waals surface area contributed by atoms with Crippen molar-refractivity contribution in [3.8, 4) is 0 Å². The average Bonchev–Trinajstić information content (AvgIpc) is 3.15. The van der Waals surface area contributed by atoms with Crippen LogP contribution in [-0.4, -0.2) is 46.3 Å². The molecule has 0 radical (unpaired) electrons. The van der Waals surface area contributed by atoms with Crippen LogP contribution in [0.4, 0.5) is 0 Å². The zero-order valence-electron chi connectivity index (χ0n) is 11.4. The second-order valence-corrected chi connectivity index (χ2v) is 6.89. The summed E-state index contributed by atoms with van der Waals surface area (Å²) in [6.07, 6.45) is 2.79. The largest absolute Gasteiger partial charge is 0.377 e. The minimum Gasteiger partial charge on any atom is -0.377 e. The summed E-state index contributed by atoms with van der Waals surface area (Å²) in [5, 5.41) is 9.74. The standard InChI is InChI=1S/C13H19N3O2S/c1-9-14-15-11(19-9)7-12(17)16-5-6-18-8-13(16,2)10-3-4-10/h10H,3-8H2,1-2H3. The monoisotopic (exact) mass is 281 g/mol. The van der Waals surface area contributed by atoms with Gasteiger partial charge >= 0.3 is 0 Å². The predicted molar refractivity (Wildman–Crippen MR) is 72.0 cm³/mol. The predicted octanol–water partition coefficient (Wildman–Crippen LogP) is 1.42. The summed E-state index contributed by atoms with van der Waals surface area (Å²) in [4.78, 5) is 14.6. The van der Waals surface area contributed by atoms with Crippen LogP contribution in [0.5, 0.6) is 0 Å². The number of morpholine rings is 1. The fourth-order valence-electron chi connectivity index (χ4n) is 2.85. The maximum absolute atomic E-state index is 12.5. The summed E-state index contributed by atoms with van der Waals surface area (Å²) in [6.45, 7) is 6.08. The van der Waals surface area contributed by atoms with E-state index in [1.165, 1.54) is 24.2 Å². The van der Waals surface area contributed by atoms with Crippen LogP contribution in [0, 0.1) is 12.8 Å². The highest BCUT2D eigenvalue weighted by Gasteiger charge is 2.49. The molecule has 1 aliphatic carbocycles. The molecule has 3 rings (SSSR count). The van der Waals surface area contributed by atoms with E-state index in [4.69, 9.17) is 4.74 Å². The van der Waals surface area contributed by atoms with Gasteiger partial charge in [-0.2, -0.15) is 0 Å². The van der Waals surface area contributed by atoms with Crippen LogP contribution in [0.2, 0.25) is 0 Å². The molecule has 1 unspecified atom stereocenters. The van der Waals surface area contributed by atoms with Gasteiger partial charge in [0.05, 0.1) is 25.2 Å². The first-order valence-corrected chi connectivity index (χ1v) is 7.58. The van der Waals surface area contributed by atoms with Gasteiger partial charge in [-0.15, -0.1) is 21.5 Å². The van der Waals surface area contributed by atoms with Gasteiger partial charge in [0.25, 0.3) is 0 Å². The van der Waals surface area contributed by atoms with Gasteiger partial charge in [0.1, 0.15) is 10.0 Å². The lowest BCUT2D eigenvalue weighted by Crippen LogP contribution is -2.59. The third-order valence-corrected chi connectivity index (χ3v) is 4.94. The summed E-state index contributed by atoms with van der Waals surface area (Å²) < 4.78 is 5.60. The van der Waals surface area contributed by atoms with E-state index in [1.807, 2.05) is 11.8 Å². The van der Waals surface area contributed by atoms with E-state index in [0.717, 1.165) is 10.0 Å². The Kier molecular flexibility index (Phi) is 3.30. The van der Waals surface area contributed by atoms with Crippen molar-refractivity contribution in [2.75, 3.05) is 19.8 Å². The molecule has 1 saturated carbocycles. The summed E-state index contributed by atoms with van der Waals surface area (Å²) in [5.41, 5.74) is -0.116. The van der Waals surface area contributed by atoms with Gasteiger partial charge in [0, 0.05) is 6.54 Å². The van der Waals surface area contributed by atoms with E-state index in [9.17, 15) is 4.79 Å². The quantitative estimate of drug-likeness (QED) is 0.841. The van der Waals surface area contributed by atoms with Crippen LogP contribution in [0.25, 0.3) is 0 Å². The normalized spacial score (nSPS) is 27.6. The maximum atomic E-state index is 12.5. The summed E-state index contributed by atoms with van der Waals surface area (Å²) in [5.74, 6) is 0.766. The number of carbonyl (C=O) groups excluding carboxylic acids is 1. The van der Waals surface area contributed by atoms with Gasteiger partial charge < -0.3 is 9.64 Å². The number of nitrogens with zero attached hydrogens (tertiary/aromatic N) is 3. The van der Waals surface area contributed by atoms with Crippen molar-refractivity contribution < 1.29 is 9.53 Å². The van der Waals surface area contributed by atoms with Crippen molar-refractivity contribution in [1.29, 1.82) is 0 Å². The molecule has 0 bridgehead atoms. The van der Waals surface area contributed by atoms with Crippen LogP contribution < -0.4 is 0 Å². The van der Waals surface area contributed by atoms with E-state index in [-0.39, 0.29) is 11.4 Å². The molecule has 0 N–H and O–H groups in total. The Morgan fingerprint density at radius 1 is 1.53 bits per heavy atom. The third-order valence-electron chi connectivity index (χ3n) is 4.10. The topological polar surface area (TPSA) is 55.3 Å². The van der Waals surface area contributed by atoms with Crippen molar-refractivity contribution in [1.82, 2.24) is 15.1 Å². The van der Waals surface area contributed by atoms with Gasteiger partial charge in [0.2, 0.25) is 5.91 Å². The van der Waals surface area contributed by atoms with E-state index < -0.39 is 0 Å². The summed E-state index contributed by atoms with van der Waals surface area (Å²) in [7, 11) is 0. The van der Waals surface area contributed by atoms with Gasteiger partial charge in [-0.1, -0.05) is 0 Å². The van der Waals surface area contributed by atoms with Crippen LogP contribution in [0.15, 0.2) is 0 Å². The van der Waals surface area contributed by atoms with Crippen LogP contribution >= 0.6 is 11.3 Å². The van der Waals surface area contributed by atoms with Crippen molar-refractivity contribution in [2.24, 2.45) is 5.92 Å². The highest BCUT2D eigenvalue weighted by molar-refractivity contribution is 7.11. The Labute approximate surface area is 117 Å². The van der Waals surface area contributed by atoms with E-state index in [2.05, 4.69) is 17.1 Å². The lowest BCUT2D eigenvalue weighted by atomic mass is 9.92. The number of hydrogen-bond acceptors (Lipinski definition) is 5. The molecule has 1 atom stereocenters. The zero-order chi connectivity index (χ0) is 13.5. The van der Waals surface area contributed by atoms with Crippen LogP contribution in [0.3, 0.4) is 0 Å². The molecule has 0 aromatic carbocycles. The molecule has 1 saturated heterocycles. The fourth-order valence-corrected chi connectivity index (χ4v) is 3.55. The highest BCUT2D eigenvalue weighted by atomic mass is 32.1. The van der Waals surface area contributed by atoms with E-state index in [0.29, 0.717) is 32.1 Å². The first-order valence-electron chi connectivity index (χ1n) is 6.77. The maximum Gasteiger partial charge on any atom is 0.230 e. The summed E-state index contributed by atoms with van der Waals surface area (Å²) in [6, 6.07) is 0. The van der Waals surface area contributed by atoms with E-state index in [1.54, 1.807) is 0 Å². The smallest absolute Gasteiger partial charge is 0.230 e. The average molecular weight is 281 g/mol. The van der Waals surface area contributed by atoms with Gasteiger partial charge in [-0.25, -0.2) is 0 Å². The Morgan fingerprint density at radius 3 is 2.95 bits per heavy atom. The molecule has 2 aliphatic rings. The van der Waals surface area contributed by atoms with Gasteiger partial charge in [0.15, 0.2) is 0 Å². The third kappa shape index (κ3) is 2.51. The molecule has 1 aromatic rings. The Morgan fingerprint density at radius 2 is 2.32 bits per heavy atom. The fraction of sp³-hybridized carbons (Fsp3) is 0.769. The molecule has 1 amide bonds. The molecular formula is C13H19N3O2S. The number of aryl methyl sites for hydroxylation is 1. The van der Waals surface area contributed by atoms with Crippen molar-refractivity contribution >= 4 is 17.2 Å². The number of ether oxygens (including phenoxy) is 1. The molecule has 2 fully saturated rings. The lowest BCUT2D eigenvalue weighted by molar-refractivity contribution is -0.149. The minimum absolute atomic E-state index is 0.116. The second kappa shape index (κ2) is 4.83. The molecule has 19 heavy (non-hydrogen) atoms. The van der Waals surface area contributed by atoms with Crippen LogP contribution in [-0.2, 0) is 16.0 Å². The van der Waals surface area contributed by atoms with Gasteiger partial charge in [-0.3, -0.25) is 4.79 Å². The Bertz CT molecular complexity index is 486. The molecule has 1 aliphatic heterocycles. The lowest BCUT2D eigenvalue weighted by Gasteiger charge is -2.45. The first kappa shape index (κ1) is 13.0. The number of aromatic nitrogens is 2. The zero-order valence-corrected chi connectivity index (χ0v) is 12.2. The van der Waals surface area contributed by atoms with E-state index >= 15 is 0 Å². The SMILES string of the molecule is Cc1nnc(CC(=O)N2CCOCC2(C)C2CC2)s1. The molecule has 0 spiro atoms. The number of hydrogen-bond donors (Lipinski definition) is 0. The van der Waals surface area contributed by atoms with Crippen molar-refractivity contribution in [2.45, 2.75) is 38.6 Å². The van der Waals surface area contributed by atoms with Crippen molar-refractivity contribution in [3.63, 3.8) is 0 Å². The first-order chi connectivity index (χ1) is 9.09. The second-order valence-electron chi connectivity index (χ2n) is 5.62. The Balaban J connectivity index is 1.73. The number of rotatable bonds is 3. The van der Waals surface area contributed by atoms with Crippen molar-refractivity contribution in [3.05, 3.63) is 10.0 Å². The molecule has 6 heteroatoms. The molecule has 104 valence electrons. The number of carbonyl (C=O) groups is 1. The molecule has 1 aromatic heterocycles. The van der Waals surface area contributed by atoms with Gasteiger partial charge in [-0.05, 0) is 32.6 Å². The molecular weight excluding hydrogens is 262 g/mol.